The van der Waals surface area contributed by atoms with Crippen molar-refractivity contribution in [2.24, 2.45) is 17.8 Å². The lowest BCUT2D eigenvalue weighted by Crippen LogP contribution is -2.49. The van der Waals surface area contributed by atoms with Crippen LogP contribution in [0.15, 0.2) is 152 Å². The zero-order valence-electron chi connectivity index (χ0n) is 71.5. The van der Waals surface area contributed by atoms with Crippen molar-refractivity contribution in [1.82, 2.24) is 0 Å². The third-order valence-corrected chi connectivity index (χ3v) is 24.9. The minimum atomic E-state index is -5.19. The number of carbonyl (C=O) groups is 6. The summed E-state index contributed by atoms with van der Waals surface area (Å²) in [6.45, 7) is 12.6. The molecule has 694 valence electrons. The monoisotopic (exact) mass is 1790 g/mol. The second-order valence-electron chi connectivity index (χ2n) is 33.9. The molecule has 3 N–H and O–H groups in total. The second kappa shape index (κ2) is 46.4. The average Bonchev–Trinajstić information content (AvgIpc) is 1.52. The van der Waals surface area contributed by atoms with Crippen LogP contribution in [0.4, 0.5) is 48.3 Å². The van der Waals surface area contributed by atoms with E-state index < -0.39 is 82.8 Å². The summed E-state index contributed by atoms with van der Waals surface area (Å²) in [6, 6.07) is 45.4. The molecule has 0 radical (unpaired) electrons. The number of rotatable bonds is 29. The lowest BCUT2D eigenvalue weighted by atomic mass is 9.80. The molecule has 3 saturated heterocycles. The fraction of sp³-hybridized carbons (Fsp3) is 0.548. The number of carbonyl (C=O) groups excluding carboxylic acids is 6. The van der Waals surface area contributed by atoms with Crippen molar-refractivity contribution in [2.75, 3.05) is 106 Å². The SMILES string of the molecule is CC[N+]1(CCCOc2ccc(OC)cc2)CCC(OC(=O)C(O)(c2ccccc2)C2CCCC2)C1.C[N+]1(CCCOc2ccc(F)cc2F)CCC(OC(=O)C(O)(c2ccccc2)C2CCCC2)C1.C[N+]1(CCCOc2ccc3c(c2)CCCC3)CCC(OC(=O)C(O)(c2ccccc2)C2CCCC2)C1.O=C([O-])C(F)(F)F.O=C([O-])C(F)(F)F.O=C([O-])C(F)(F)F. The Morgan fingerprint density at radius 3 is 1.12 bits per heavy atom. The van der Waals surface area contributed by atoms with E-state index in [0.29, 0.717) is 54.0 Å². The van der Waals surface area contributed by atoms with E-state index in [4.69, 9.17) is 62.9 Å². The highest BCUT2D eigenvalue weighted by molar-refractivity contribution is 5.83. The van der Waals surface area contributed by atoms with Gasteiger partial charge in [0.05, 0.1) is 86.8 Å². The van der Waals surface area contributed by atoms with Gasteiger partial charge in [0.2, 0.25) is 0 Å². The third-order valence-electron chi connectivity index (χ3n) is 24.9. The maximum atomic E-state index is 13.7. The molecule has 9 atom stereocenters. The molecule has 3 heterocycles. The molecule has 0 amide bonds. The van der Waals surface area contributed by atoms with E-state index in [2.05, 4.69) is 39.2 Å². The number of aryl methyl sites for hydroxylation is 2. The van der Waals surface area contributed by atoms with Gasteiger partial charge in [0.15, 0.2) is 46.7 Å². The largest absolute Gasteiger partial charge is 0.542 e. The Hall–Kier alpha value is -9.67. The third kappa shape index (κ3) is 29.2. The molecular formula is C93H116F11N3O19. The average molecular weight is 1790 g/mol. The van der Waals surface area contributed by atoms with Crippen molar-refractivity contribution in [3.8, 4) is 23.0 Å². The predicted octanol–water partition coefficient (Wildman–Crippen LogP) is 12.3. The smallest absolute Gasteiger partial charge is 0.430 e. The molecule has 0 aromatic heterocycles. The van der Waals surface area contributed by atoms with E-state index >= 15 is 0 Å². The molecule has 4 aliphatic carbocycles. The molecule has 6 aromatic rings. The van der Waals surface area contributed by atoms with Crippen molar-refractivity contribution in [2.45, 2.75) is 202 Å². The number of carboxylic acids is 3. The summed E-state index contributed by atoms with van der Waals surface area (Å²) < 4.78 is 165. The number of likely N-dealkylation sites (tertiary alicyclic amines) is 3. The number of hydrogen-bond donors (Lipinski definition) is 3. The fourth-order valence-corrected chi connectivity index (χ4v) is 17.9. The van der Waals surface area contributed by atoms with E-state index in [1.807, 2.05) is 103 Å². The zero-order valence-corrected chi connectivity index (χ0v) is 71.5. The lowest BCUT2D eigenvalue weighted by Gasteiger charge is -2.35. The Labute approximate surface area is 727 Å². The van der Waals surface area contributed by atoms with Crippen molar-refractivity contribution in [3.63, 3.8) is 0 Å². The summed E-state index contributed by atoms with van der Waals surface area (Å²) in [5.74, 6) is -9.44. The molecular weight excluding hydrogens is 1670 g/mol. The lowest BCUT2D eigenvalue weighted by molar-refractivity contribution is -0.916. The van der Waals surface area contributed by atoms with Crippen molar-refractivity contribution in [3.05, 3.63) is 191 Å². The van der Waals surface area contributed by atoms with Crippen LogP contribution >= 0.6 is 0 Å². The molecule has 9 unspecified atom stereocenters. The van der Waals surface area contributed by atoms with Crippen LogP contribution in [0.2, 0.25) is 0 Å². The number of aliphatic hydroxyl groups is 3. The van der Waals surface area contributed by atoms with Crippen LogP contribution in [0.25, 0.3) is 0 Å². The van der Waals surface area contributed by atoms with Crippen LogP contribution in [0.3, 0.4) is 0 Å². The minimum absolute atomic E-state index is 0.0457. The fourth-order valence-electron chi connectivity index (χ4n) is 17.9. The number of fused-ring (bicyclic) bond motifs is 1. The van der Waals surface area contributed by atoms with Gasteiger partial charge in [0, 0.05) is 62.3 Å². The number of likely N-dealkylation sites (N-methyl/N-ethyl adjacent to an activating group) is 3. The highest BCUT2D eigenvalue weighted by Gasteiger charge is 2.54. The van der Waals surface area contributed by atoms with E-state index in [1.165, 1.54) is 48.9 Å². The van der Waals surface area contributed by atoms with Gasteiger partial charge in [0.1, 0.15) is 60.6 Å². The zero-order chi connectivity index (χ0) is 92.2. The number of benzene rings is 6. The number of ether oxygens (including phenoxy) is 7. The number of halogens is 11. The number of carboxylic acid groups (broad SMARTS) is 3. The standard InChI is InChI=1S/C31H42NO4.C29H40NO5.C27H34F2NO4.3C2HF3O2/c1-32(19-9-21-35-28-17-16-24-10-5-6-11-25(24)22-28)20-18-29(23-32)36-30(33)31(34,27-14-7-8-15-27)26-12-3-2-4-13-26;1-3-30(19-9-21-34-26-16-14-25(33-2)15-17-26)20-18-27(22-30)35-28(31)29(32,24-12-7-8-13-24)23-10-5-4-6-11-23;1-30(15-7-17-33-25-13-12-22(28)18-24(25)29)16-14-23(19-30)34-26(31)27(32,21-10-5-6-11-21)20-8-3-2-4-9-20;3*3-2(4,5)1(6)7/h2-4,12-13,16-17,22,27,29,34H,5-11,14-15,18-21,23H2,1H3;4-6,10-11,14-17,24,27,32H,3,7-9,12-13,18-22H2,1-2H3;2-4,8-9,12-13,18,21,23,32H,5-7,10-11,14-17,19H2,1H3;3*(H,6,7)/q3*+1;;;/p-3. The van der Waals surface area contributed by atoms with Gasteiger partial charge >= 0.3 is 36.4 Å². The molecule has 3 aliphatic heterocycles. The van der Waals surface area contributed by atoms with E-state index in [9.17, 15) is 78.0 Å². The molecule has 22 nitrogen and oxygen atoms in total. The van der Waals surface area contributed by atoms with Crippen molar-refractivity contribution >= 4 is 35.8 Å². The van der Waals surface area contributed by atoms with Crippen LogP contribution in [0, 0.1) is 29.4 Å². The molecule has 7 aliphatic rings. The number of aliphatic carboxylic acids is 3. The number of nitrogens with zero attached hydrogens (tertiary/aromatic N) is 3. The number of alkyl halides is 9. The summed E-state index contributed by atoms with van der Waals surface area (Å²) in [5.41, 5.74) is 0.134. The predicted molar refractivity (Wildman–Crippen MR) is 433 cm³/mol. The van der Waals surface area contributed by atoms with Crippen LogP contribution in [0.1, 0.15) is 163 Å². The van der Waals surface area contributed by atoms with Gasteiger partial charge in [-0.2, -0.15) is 39.5 Å². The highest BCUT2D eigenvalue weighted by atomic mass is 19.4. The van der Waals surface area contributed by atoms with Crippen LogP contribution in [0.5, 0.6) is 23.0 Å². The first-order valence-corrected chi connectivity index (χ1v) is 43.0. The summed E-state index contributed by atoms with van der Waals surface area (Å²) in [7, 11) is 6.00. The Balaban J connectivity index is 0.000000209. The van der Waals surface area contributed by atoms with Gasteiger partial charge in [-0.1, -0.05) is 136 Å². The Kier molecular flexibility index (Phi) is 37.4. The first-order valence-electron chi connectivity index (χ1n) is 43.0. The number of hydrogen-bond acceptors (Lipinski definition) is 19. The van der Waals surface area contributed by atoms with E-state index in [-0.39, 0.29) is 41.8 Å². The van der Waals surface area contributed by atoms with Crippen LogP contribution in [-0.4, -0.2) is 208 Å². The molecule has 33 heteroatoms. The minimum Gasteiger partial charge on any atom is -0.542 e. The first kappa shape index (κ1) is 102. The van der Waals surface area contributed by atoms with E-state index in [0.717, 1.165) is 200 Å². The molecule has 0 spiro atoms. The Morgan fingerprint density at radius 2 is 0.746 bits per heavy atom. The Bertz CT molecular complexity index is 4370. The number of quaternary nitrogens is 3. The topological polar surface area (TPSA) is 297 Å². The van der Waals surface area contributed by atoms with Crippen LogP contribution < -0.4 is 34.3 Å². The summed E-state index contributed by atoms with van der Waals surface area (Å²) >= 11 is 0. The van der Waals surface area contributed by atoms with Crippen molar-refractivity contribution < 1.29 is 154 Å². The summed E-state index contributed by atoms with van der Waals surface area (Å²) in [4.78, 5) is 66.6. The van der Waals surface area contributed by atoms with E-state index in [1.54, 1.807) is 19.2 Å². The molecule has 3 saturated carbocycles. The maximum Gasteiger partial charge on any atom is 0.430 e. The molecule has 13 rings (SSSR count). The molecule has 6 aromatic carbocycles. The highest BCUT2D eigenvalue weighted by Crippen LogP contribution is 2.46. The second-order valence-corrected chi connectivity index (χ2v) is 33.9. The van der Waals surface area contributed by atoms with Crippen molar-refractivity contribution in [1.29, 1.82) is 0 Å². The quantitative estimate of drug-likeness (QED) is 0.0129. The Morgan fingerprint density at radius 1 is 0.405 bits per heavy atom. The van der Waals surface area contributed by atoms with Crippen LogP contribution in [-0.2, 0) is 72.6 Å². The number of esters is 3. The van der Waals surface area contributed by atoms with Gasteiger partial charge < -0.3 is 91.6 Å². The molecule has 0 bridgehead atoms. The normalized spacial score (nSPS) is 22.6. The molecule has 126 heavy (non-hydrogen) atoms. The van der Waals surface area contributed by atoms with Gasteiger partial charge in [-0.05, 0) is 147 Å². The number of methoxy groups -OCH3 is 1. The maximum absolute atomic E-state index is 13.7. The summed E-state index contributed by atoms with van der Waals surface area (Å²) in [6.07, 6.45) is 5.03. The first-order chi connectivity index (χ1) is 59.6. The van der Waals surface area contributed by atoms with Gasteiger partial charge in [-0.15, -0.1) is 0 Å². The van der Waals surface area contributed by atoms with Gasteiger partial charge in [-0.3, -0.25) is 0 Å². The van der Waals surface area contributed by atoms with Gasteiger partial charge in [0.25, 0.3) is 0 Å². The molecule has 6 fully saturated rings. The summed E-state index contributed by atoms with van der Waals surface area (Å²) in [5, 5.41) is 61.4. The van der Waals surface area contributed by atoms with Gasteiger partial charge in [-0.25, -0.2) is 23.2 Å².